The molecule has 0 radical (unpaired) electrons. The van der Waals surface area contributed by atoms with E-state index in [0.29, 0.717) is 0 Å². The van der Waals surface area contributed by atoms with Crippen LogP contribution in [0.1, 0.15) is 15.9 Å². The second-order valence-electron chi connectivity index (χ2n) is 5.81. The number of carbonyl (C=O) groups excluding carboxylic acids is 2. The van der Waals surface area contributed by atoms with Crippen LogP contribution in [0.25, 0.3) is 0 Å². The zero-order valence-electron chi connectivity index (χ0n) is 15.0. The van der Waals surface area contributed by atoms with E-state index < -0.39 is 28.4 Å². The van der Waals surface area contributed by atoms with Crippen LogP contribution in [0.15, 0.2) is 47.4 Å². The average molecular weight is 411 g/mol. The number of methoxy groups -OCH3 is 1. The Balaban J connectivity index is 2.13. The first-order valence-corrected chi connectivity index (χ1v) is 9.67. The van der Waals surface area contributed by atoms with E-state index in [9.17, 15) is 18.0 Å². The molecule has 0 bridgehead atoms. The van der Waals surface area contributed by atoms with Gasteiger partial charge in [0.2, 0.25) is 15.9 Å². The lowest BCUT2D eigenvalue weighted by Crippen LogP contribution is -2.35. The third-order valence-electron chi connectivity index (χ3n) is 3.76. The maximum absolute atomic E-state index is 12.5. The third kappa shape index (κ3) is 5.06. The highest BCUT2D eigenvalue weighted by molar-refractivity contribution is 7.89. The lowest BCUT2D eigenvalue weighted by Gasteiger charge is -2.17. The summed E-state index contributed by atoms with van der Waals surface area (Å²) in [6.07, 6.45) is 0. The van der Waals surface area contributed by atoms with Gasteiger partial charge in [-0.1, -0.05) is 29.3 Å². The molecule has 2 aromatic rings. The molecule has 144 valence electrons. The van der Waals surface area contributed by atoms with Gasteiger partial charge < -0.3 is 10.1 Å². The van der Waals surface area contributed by atoms with Crippen LogP contribution in [0.3, 0.4) is 0 Å². The fourth-order valence-electron chi connectivity index (χ4n) is 2.23. The molecule has 0 aliphatic carbocycles. The Morgan fingerprint density at radius 1 is 1.15 bits per heavy atom. The zero-order valence-corrected chi connectivity index (χ0v) is 16.6. The topological polar surface area (TPSA) is 92.8 Å². The number of hydrogen-bond donors (Lipinski definition) is 1. The molecule has 2 aromatic carbocycles. The largest absolute Gasteiger partial charge is 0.465 e. The fourth-order valence-corrected chi connectivity index (χ4v) is 3.52. The summed E-state index contributed by atoms with van der Waals surface area (Å²) in [5.41, 5.74) is 1.32. The number of hydrogen-bond acceptors (Lipinski definition) is 5. The van der Waals surface area contributed by atoms with Crippen LogP contribution in [0.4, 0.5) is 5.69 Å². The molecule has 9 heteroatoms. The molecule has 0 aliphatic rings. The van der Waals surface area contributed by atoms with Crippen molar-refractivity contribution in [3.8, 4) is 0 Å². The average Bonchev–Trinajstić information content (AvgIpc) is 2.63. The minimum atomic E-state index is -3.81. The number of esters is 1. The highest BCUT2D eigenvalue weighted by Gasteiger charge is 2.23. The summed E-state index contributed by atoms with van der Waals surface area (Å²) in [6.45, 7) is 1.43. The van der Waals surface area contributed by atoms with Crippen LogP contribution >= 0.6 is 11.6 Å². The molecule has 2 rings (SSSR count). The number of likely N-dealkylation sites (N-methyl/N-ethyl adjacent to an activating group) is 1. The van der Waals surface area contributed by atoms with Gasteiger partial charge in [0.1, 0.15) is 0 Å². The molecule has 1 amide bonds. The van der Waals surface area contributed by atoms with Crippen molar-refractivity contribution in [2.75, 3.05) is 26.0 Å². The third-order valence-corrected chi connectivity index (χ3v) is 5.90. The van der Waals surface area contributed by atoms with E-state index in [1.165, 1.54) is 44.5 Å². The molecule has 0 fully saturated rings. The molecule has 0 atom stereocenters. The molecule has 0 heterocycles. The van der Waals surface area contributed by atoms with Crippen LogP contribution in [-0.2, 0) is 19.6 Å². The first-order chi connectivity index (χ1) is 12.6. The number of halogens is 1. The van der Waals surface area contributed by atoms with Gasteiger partial charge in [0, 0.05) is 7.05 Å². The maximum Gasteiger partial charge on any atom is 0.337 e. The lowest BCUT2D eigenvalue weighted by molar-refractivity contribution is -0.116. The number of rotatable bonds is 6. The summed E-state index contributed by atoms with van der Waals surface area (Å²) in [7, 11) is -1.27. The van der Waals surface area contributed by atoms with Gasteiger partial charge >= 0.3 is 5.97 Å². The normalized spacial score (nSPS) is 11.3. The van der Waals surface area contributed by atoms with Crippen LogP contribution < -0.4 is 5.32 Å². The molecule has 0 aliphatic heterocycles. The van der Waals surface area contributed by atoms with E-state index in [-0.39, 0.29) is 21.2 Å². The number of aryl methyl sites for hydroxylation is 1. The minimum absolute atomic E-state index is 0.0918. The minimum Gasteiger partial charge on any atom is -0.465 e. The van der Waals surface area contributed by atoms with Crippen molar-refractivity contribution in [1.82, 2.24) is 4.31 Å². The smallest absolute Gasteiger partial charge is 0.337 e. The Labute approximate surface area is 162 Å². The number of amides is 1. The standard InChI is InChI=1S/C18H19ClN2O5S/c1-12-4-7-14(8-5-12)27(24,25)21(2)11-17(22)20-16-10-13(18(23)26-3)6-9-15(16)19/h4-10H,11H2,1-3H3,(H,20,22). The van der Waals surface area contributed by atoms with Crippen molar-refractivity contribution in [1.29, 1.82) is 0 Å². The quantitative estimate of drug-likeness (QED) is 0.739. The second kappa shape index (κ2) is 8.51. The molecule has 0 unspecified atom stereocenters. The molecule has 1 N–H and O–H groups in total. The van der Waals surface area contributed by atoms with E-state index in [2.05, 4.69) is 10.1 Å². The number of anilines is 1. The Hall–Kier alpha value is -2.42. The maximum atomic E-state index is 12.5. The van der Waals surface area contributed by atoms with Gasteiger partial charge in [0.25, 0.3) is 0 Å². The molecule has 0 aromatic heterocycles. The number of ether oxygens (including phenoxy) is 1. The van der Waals surface area contributed by atoms with Gasteiger partial charge in [-0.15, -0.1) is 0 Å². The number of nitrogens with zero attached hydrogens (tertiary/aromatic N) is 1. The van der Waals surface area contributed by atoms with Crippen LogP contribution in [0, 0.1) is 6.92 Å². The monoisotopic (exact) mass is 410 g/mol. The molecule has 0 spiro atoms. The van der Waals surface area contributed by atoms with Crippen molar-refractivity contribution in [2.45, 2.75) is 11.8 Å². The number of sulfonamides is 1. The van der Waals surface area contributed by atoms with Gasteiger partial charge in [-0.3, -0.25) is 4.79 Å². The van der Waals surface area contributed by atoms with Gasteiger partial charge in [-0.25, -0.2) is 13.2 Å². The summed E-state index contributed by atoms with van der Waals surface area (Å²) in [5, 5.41) is 2.72. The van der Waals surface area contributed by atoms with E-state index >= 15 is 0 Å². The Morgan fingerprint density at radius 3 is 2.37 bits per heavy atom. The van der Waals surface area contributed by atoms with Gasteiger partial charge in [0.05, 0.1) is 34.8 Å². The SMILES string of the molecule is COC(=O)c1ccc(Cl)c(NC(=O)CN(C)S(=O)(=O)c2ccc(C)cc2)c1. The summed E-state index contributed by atoms with van der Waals surface area (Å²) in [6, 6.07) is 10.6. The second-order valence-corrected chi connectivity index (χ2v) is 8.26. The molecular formula is C18H19ClN2O5S. The summed E-state index contributed by atoms with van der Waals surface area (Å²) >= 11 is 6.03. The van der Waals surface area contributed by atoms with Crippen molar-refractivity contribution in [2.24, 2.45) is 0 Å². The van der Waals surface area contributed by atoms with Crippen molar-refractivity contribution < 1.29 is 22.7 Å². The Bertz CT molecular complexity index is 958. The first-order valence-electron chi connectivity index (χ1n) is 7.86. The molecule has 27 heavy (non-hydrogen) atoms. The van der Waals surface area contributed by atoms with Crippen LogP contribution in [0.2, 0.25) is 5.02 Å². The van der Waals surface area contributed by atoms with Gasteiger partial charge in [-0.2, -0.15) is 4.31 Å². The number of benzene rings is 2. The molecule has 0 saturated heterocycles. The highest BCUT2D eigenvalue weighted by atomic mass is 35.5. The number of carbonyl (C=O) groups is 2. The molecule has 0 saturated carbocycles. The molecular weight excluding hydrogens is 392 g/mol. The van der Waals surface area contributed by atoms with Crippen LogP contribution in [0.5, 0.6) is 0 Å². The lowest BCUT2D eigenvalue weighted by atomic mass is 10.2. The summed E-state index contributed by atoms with van der Waals surface area (Å²) in [4.78, 5) is 23.9. The predicted molar refractivity (Wildman–Crippen MR) is 102 cm³/mol. The fraction of sp³-hybridized carbons (Fsp3) is 0.222. The van der Waals surface area contributed by atoms with Crippen molar-refractivity contribution >= 4 is 39.2 Å². The van der Waals surface area contributed by atoms with E-state index in [1.807, 2.05) is 6.92 Å². The predicted octanol–water partition coefficient (Wildman–Crippen LogP) is 2.69. The van der Waals surface area contributed by atoms with Crippen molar-refractivity contribution in [3.63, 3.8) is 0 Å². The van der Waals surface area contributed by atoms with E-state index in [1.54, 1.807) is 12.1 Å². The Morgan fingerprint density at radius 2 is 1.78 bits per heavy atom. The van der Waals surface area contributed by atoms with Crippen LogP contribution in [-0.4, -0.2) is 45.3 Å². The van der Waals surface area contributed by atoms with E-state index in [0.717, 1.165) is 9.87 Å². The Kier molecular flexibility index (Phi) is 6.59. The molecule has 7 nitrogen and oxygen atoms in total. The number of nitrogens with one attached hydrogen (secondary N) is 1. The van der Waals surface area contributed by atoms with Crippen molar-refractivity contribution in [3.05, 3.63) is 58.6 Å². The zero-order chi connectivity index (χ0) is 20.2. The summed E-state index contributed by atoms with van der Waals surface area (Å²) in [5.74, 6) is -1.18. The van der Waals surface area contributed by atoms with Gasteiger partial charge in [-0.05, 0) is 37.3 Å². The van der Waals surface area contributed by atoms with Gasteiger partial charge in [0.15, 0.2) is 0 Å². The highest BCUT2D eigenvalue weighted by Crippen LogP contribution is 2.23. The summed E-state index contributed by atoms with van der Waals surface area (Å²) < 4.78 is 30.6. The first kappa shape index (κ1) is 20.9. The van der Waals surface area contributed by atoms with E-state index in [4.69, 9.17) is 11.6 Å².